The van der Waals surface area contributed by atoms with Gasteiger partial charge in [-0.2, -0.15) is 0 Å². The van der Waals surface area contributed by atoms with Crippen LogP contribution >= 0.6 is 23.2 Å². The zero-order chi connectivity index (χ0) is 16.2. The minimum absolute atomic E-state index is 0.135. The highest BCUT2D eigenvalue weighted by Crippen LogP contribution is 2.22. The van der Waals surface area contributed by atoms with Crippen LogP contribution in [-0.4, -0.2) is 15.5 Å². The predicted octanol–water partition coefficient (Wildman–Crippen LogP) is 4.36. The number of amides is 1. The molecule has 0 unspecified atom stereocenters. The fraction of sp³-hybridized carbons (Fsp3) is 0.0588. The number of carbonyl (C=O) groups excluding carboxylic acids is 1. The summed E-state index contributed by atoms with van der Waals surface area (Å²) in [6.07, 6.45) is 5.48. The molecule has 0 spiro atoms. The summed E-state index contributed by atoms with van der Waals surface area (Å²) in [5.74, 6) is -0.135. The maximum absolute atomic E-state index is 12.1. The van der Waals surface area contributed by atoms with E-state index in [4.69, 9.17) is 23.2 Å². The molecule has 0 fully saturated rings. The normalized spacial score (nSPS) is 10.5. The summed E-state index contributed by atoms with van der Waals surface area (Å²) < 4.78 is 1.89. The first kappa shape index (κ1) is 15.6. The lowest BCUT2D eigenvalue weighted by molar-refractivity contribution is -0.115. The van der Waals surface area contributed by atoms with Crippen LogP contribution in [0.4, 0.5) is 5.69 Å². The Morgan fingerprint density at radius 3 is 2.57 bits per heavy atom. The second kappa shape index (κ2) is 6.86. The number of aromatic nitrogens is 2. The van der Waals surface area contributed by atoms with Crippen LogP contribution in [0.5, 0.6) is 0 Å². The highest BCUT2D eigenvalue weighted by atomic mass is 35.5. The minimum Gasteiger partial charge on any atom is -0.326 e. The molecule has 0 bridgehead atoms. The van der Waals surface area contributed by atoms with Crippen LogP contribution in [-0.2, 0) is 11.2 Å². The topological polar surface area (TPSA) is 46.9 Å². The third-order valence-corrected chi connectivity index (χ3v) is 3.91. The van der Waals surface area contributed by atoms with Crippen molar-refractivity contribution < 1.29 is 4.79 Å². The molecule has 0 aliphatic rings. The van der Waals surface area contributed by atoms with E-state index in [-0.39, 0.29) is 12.3 Å². The Morgan fingerprint density at radius 2 is 1.91 bits per heavy atom. The van der Waals surface area contributed by atoms with Crippen LogP contribution < -0.4 is 5.32 Å². The van der Waals surface area contributed by atoms with E-state index >= 15 is 0 Å². The van der Waals surface area contributed by atoms with E-state index in [0.717, 1.165) is 16.9 Å². The Kier molecular flexibility index (Phi) is 4.65. The fourth-order valence-corrected chi connectivity index (χ4v) is 2.65. The van der Waals surface area contributed by atoms with E-state index in [1.165, 1.54) is 0 Å². The second-order valence-corrected chi connectivity index (χ2v) is 5.82. The molecule has 1 aromatic heterocycles. The largest absolute Gasteiger partial charge is 0.326 e. The Morgan fingerprint density at radius 1 is 1.13 bits per heavy atom. The molecule has 116 valence electrons. The van der Waals surface area contributed by atoms with Crippen LogP contribution in [0.2, 0.25) is 10.0 Å². The van der Waals surface area contributed by atoms with Crippen molar-refractivity contribution in [2.24, 2.45) is 0 Å². The Labute approximate surface area is 143 Å². The monoisotopic (exact) mass is 345 g/mol. The number of anilines is 1. The van der Waals surface area contributed by atoms with Gasteiger partial charge in [-0.05, 0) is 42.0 Å². The van der Waals surface area contributed by atoms with E-state index in [1.807, 2.05) is 35.0 Å². The maximum atomic E-state index is 12.1. The molecule has 3 aromatic rings. The smallest absolute Gasteiger partial charge is 0.228 e. The van der Waals surface area contributed by atoms with Gasteiger partial charge in [0.1, 0.15) is 0 Å². The highest BCUT2D eigenvalue weighted by Gasteiger charge is 2.08. The number of imidazole rings is 1. The fourth-order valence-electron chi connectivity index (χ4n) is 2.17. The van der Waals surface area contributed by atoms with E-state index in [9.17, 15) is 4.79 Å². The zero-order valence-electron chi connectivity index (χ0n) is 12.0. The molecular weight excluding hydrogens is 333 g/mol. The molecule has 2 aromatic carbocycles. The van der Waals surface area contributed by atoms with Gasteiger partial charge >= 0.3 is 0 Å². The summed E-state index contributed by atoms with van der Waals surface area (Å²) in [5, 5.41) is 3.89. The third kappa shape index (κ3) is 3.92. The average molecular weight is 346 g/mol. The van der Waals surface area contributed by atoms with Gasteiger partial charge in [0.25, 0.3) is 0 Å². The molecule has 1 amide bonds. The summed E-state index contributed by atoms with van der Waals surface area (Å²) in [6, 6.07) is 12.6. The molecule has 0 saturated heterocycles. The first-order chi connectivity index (χ1) is 11.1. The molecule has 23 heavy (non-hydrogen) atoms. The zero-order valence-corrected chi connectivity index (χ0v) is 13.6. The molecule has 0 aliphatic heterocycles. The van der Waals surface area contributed by atoms with Crippen LogP contribution in [0.15, 0.2) is 61.2 Å². The van der Waals surface area contributed by atoms with Gasteiger partial charge in [-0.3, -0.25) is 4.79 Å². The van der Waals surface area contributed by atoms with Gasteiger partial charge in [0, 0.05) is 33.8 Å². The maximum Gasteiger partial charge on any atom is 0.228 e. The van der Waals surface area contributed by atoms with Crippen molar-refractivity contribution in [1.29, 1.82) is 0 Å². The van der Waals surface area contributed by atoms with E-state index in [1.54, 1.807) is 30.7 Å². The van der Waals surface area contributed by atoms with E-state index in [0.29, 0.717) is 10.0 Å². The van der Waals surface area contributed by atoms with Crippen LogP contribution in [0.1, 0.15) is 5.56 Å². The van der Waals surface area contributed by atoms with Gasteiger partial charge in [0.05, 0.1) is 12.7 Å². The number of nitrogens with one attached hydrogen (secondary N) is 1. The lowest BCUT2D eigenvalue weighted by Gasteiger charge is -2.08. The number of hydrogen-bond acceptors (Lipinski definition) is 2. The summed E-state index contributed by atoms with van der Waals surface area (Å²) in [6.45, 7) is 0. The van der Waals surface area contributed by atoms with Crippen LogP contribution in [0.3, 0.4) is 0 Å². The molecule has 0 atom stereocenters. The molecule has 3 rings (SSSR count). The number of hydrogen-bond donors (Lipinski definition) is 1. The quantitative estimate of drug-likeness (QED) is 0.763. The van der Waals surface area contributed by atoms with Gasteiger partial charge in [-0.15, -0.1) is 0 Å². The number of carbonyl (C=O) groups is 1. The minimum atomic E-state index is -0.135. The highest BCUT2D eigenvalue weighted by molar-refractivity contribution is 6.35. The number of benzene rings is 2. The predicted molar refractivity (Wildman–Crippen MR) is 92.4 cm³/mol. The van der Waals surface area contributed by atoms with Crippen molar-refractivity contribution in [2.45, 2.75) is 6.42 Å². The van der Waals surface area contributed by atoms with Crippen molar-refractivity contribution >= 4 is 34.8 Å². The van der Waals surface area contributed by atoms with Gasteiger partial charge in [-0.1, -0.05) is 29.3 Å². The lowest BCUT2D eigenvalue weighted by atomic mass is 10.1. The number of rotatable bonds is 4. The summed E-state index contributed by atoms with van der Waals surface area (Å²) >= 11 is 11.9. The Bertz CT molecular complexity index is 814. The van der Waals surface area contributed by atoms with Crippen LogP contribution in [0.25, 0.3) is 5.69 Å². The van der Waals surface area contributed by atoms with Gasteiger partial charge in [0.15, 0.2) is 0 Å². The van der Waals surface area contributed by atoms with Crippen molar-refractivity contribution in [2.75, 3.05) is 5.32 Å². The van der Waals surface area contributed by atoms with Gasteiger partial charge in [0.2, 0.25) is 5.91 Å². The van der Waals surface area contributed by atoms with E-state index < -0.39 is 0 Å². The molecule has 1 N–H and O–H groups in total. The van der Waals surface area contributed by atoms with Crippen LogP contribution in [0, 0.1) is 0 Å². The van der Waals surface area contributed by atoms with Crippen molar-refractivity contribution in [1.82, 2.24) is 9.55 Å². The first-order valence-electron chi connectivity index (χ1n) is 6.94. The molecule has 1 heterocycles. The van der Waals surface area contributed by atoms with Gasteiger partial charge in [-0.25, -0.2) is 4.98 Å². The molecule has 0 radical (unpaired) electrons. The Balaban J connectivity index is 1.66. The number of halogens is 2. The molecule has 0 saturated carbocycles. The first-order valence-corrected chi connectivity index (χ1v) is 7.69. The molecule has 4 nitrogen and oxygen atoms in total. The third-order valence-electron chi connectivity index (χ3n) is 3.32. The molecule has 6 heteroatoms. The Hall–Kier alpha value is -2.30. The van der Waals surface area contributed by atoms with Crippen molar-refractivity contribution in [3.8, 4) is 5.69 Å². The number of nitrogens with zero attached hydrogens (tertiary/aromatic N) is 2. The van der Waals surface area contributed by atoms with E-state index in [2.05, 4.69) is 10.3 Å². The summed E-state index contributed by atoms with van der Waals surface area (Å²) in [4.78, 5) is 16.1. The summed E-state index contributed by atoms with van der Waals surface area (Å²) in [5.41, 5.74) is 2.44. The second-order valence-electron chi connectivity index (χ2n) is 4.98. The van der Waals surface area contributed by atoms with Gasteiger partial charge < -0.3 is 9.88 Å². The van der Waals surface area contributed by atoms with Crippen molar-refractivity contribution in [3.05, 3.63) is 76.8 Å². The van der Waals surface area contributed by atoms with Crippen molar-refractivity contribution in [3.63, 3.8) is 0 Å². The standard InChI is InChI=1S/C17H13Cl2N3O/c18-13-2-1-12(16(19)10-13)9-17(23)21-14-3-5-15(6-4-14)22-8-7-20-11-22/h1-8,10-11H,9H2,(H,21,23). The summed E-state index contributed by atoms with van der Waals surface area (Å²) in [7, 11) is 0. The molecule has 0 aliphatic carbocycles. The lowest BCUT2D eigenvalue weighted by Crippen LogP contribution is -2.14. The SMILES string of the molecule is O=C(Cc1ccc(Cl)cc1Cl)Nc1ccc(-n2ccnc2)cc1. The molecular formula is C17H13Cl2N3O. The average Bonchev–Trinajstić information content (AvgIpc) is 3.05.